The maximum Gasteiger partial charge on any atom is 0.238 e. The van der Waals surface area contributed by atoms with Crippen LogP contribution in [0.2, 0.25) is 0 Å². The highest BCUT2D eigenvalue weighted by Gasteiger charge is 2.05. The minimum absolute atomic E-state index is 0.563. The average molecular weight is 225 g/mol. The number of anilines is 1. The van der Waals surface area contributed by atoms with Gasteiger partial charge in [0.15, 0.2) is 0 Å². The van der Waals surface area contributed by atoms with Crippen LogP contribution in [0.1, 0.15) is 0 Å². The van der Waals surface area contributed by atoms with Gasteiger partial charge in [-0.1, -0.05) is 18.2 Å². The summed E-state index contributed by atoms with van der Waals surface area (Å²) in [4.78, 5) is 12.5. The van der Waals surface area contributed by atoms with Crippen molar-refractivity contribution in [3.05, 3.63) is 42.9 Å². The Labute approximate surface area is 98.2 Å². The lowest BCUT2D eigenvalue weighted by atomic mass is 10.2. The van der Waals surface area contributed by atoms with Gasteiger partial charge in [-0.3, -0.25) is 4.57 Å². The molecule has 0 aliphatic rings. The summed E-state index contributed by atoms with van der Waals surface area (Å²) in [5.74, 6) is 1.18. The highest BCUT2D eigenvalue weighted by Crippen LogP contribution is 2.17. The van der Waals surface area contributed by atoms with E-state index in [4.69, 9.17) is 0 Å². The normalized spacial score (nSPS) is 10.6. The molecule has 3 aromatic rings. The summed E-state index contributed by atoms with van der Waals surface area (Å²) < 4.78 is 1.94. The van der Waals surface area contributed by atoms with Crippen LogP contribution in [0.4, 0.5) is 5.95 Å². The Kier molecular flexibility index (Phi) is 2.22. The molecule has 0 saturated heterocycles. The molecule has 0 radical (unpaired) electrons. The summed E-state index contributed by atoms with van der Waals surface area (Å²) in [5, 5.41) is 4.07. The molecule has 1 N–H and O–H groups in total. The quantitative estimate of drug-likeness (QED) is 0.723. The number of hydrogen-bond donors (Lipinski definition) is 1. The molecular weight excluding hydrogens is 214 g/mol. The van der Waals surface area contributed by atoms with E-state index in [1.165, 1.54) is 11.7 Å². The van der Waals surface area contributed by atoms with Crippen LogP contribution in [-0.2, 0) is 0 Å². The van der Waals surface area contributed by atoms with E-state index in [0.29, 0.717) is 11.9 Å². The van der Waals surface area contributed by atoms with E-state index >= 15 is 0 Å². The van der Waals surface area contributed by atoms with E-state index in [0.717, 1.165) is 5.52 Å². The molecule has 0 unspecified atom stereocenters. The molecule has 3 rings (SSSR count). The van der Waals surface area contributed by atoms with Gasteiger partial charge in [-0.15, -0.1) is 0 Å². The standard InChI is InChI=1S/C12H11N5/c1-13-11-14-8-15-12(16-11)17-7-6-9-4-2-3-5-10(9)17/h2-8H,1H3,(H,13,14,15,16). The average Bonchev–Trinajstić information content (AvgIpc) is 2.82. The van der Waals surface area contributed by atoms with Crippen LogP contribution < -0.4 is 5.32 Å². The lowest BCUT2D eigenvalue weighted by Crippen LogP contribution is -2.04. The van der Waals surface area contributed by atoms with Crippen LogP contribution in [-0.4, -0.2) is 26.6 Å². The summed E-state index contributed by atoms with van der Waals surface area (Å²) in [6.07, 6.45) is 3.46. The van der Waals surface area contributed by atoms with Crippen molar-refractivity contribution >= 4 is 16.9 Å². The Hall–Kier alpha value is -2.43. The fourth-order valence-electron chi connectivity index (χ4n) is 1.78. The lowest BCUT2D eigenvalue weighted by molar-refractivity contribution is 0.924. The number of nitrogens with one attached hydrogen (secondary N) is 1. The Balaban J connectivity index is 2.20. The second-order valence-corrected chi connectivity index (χ2v) is 3.60. The molecule has 17 heavy (non-hydrogen) atoms. The van der Waals surface area contributed by atoms with Crippen LogP contribution in [0.15, 0.2) is 42.9 Å². The predicted octanol–water partition coefficient (Wildman–Crippen LogP) is 1.86. The van der Waals surface area contributed by atoms with E-state index in [1.54, 1.807) is 7.05 Å². The number of hydrogen-bond acceptors (Lipinski definition) is 4. The highest BCUT2D eigenvalue weighted by molar-refractivity contribution is 5.81. The van der Waals surface area contributed by atoms with E-state index < -0.39 is 0 Å². The van der Waals surface area contributed by atoms with Crippen LogP contribution in [0.3, 0.4) is 0 Å². The van der Waals surface area contributed by atoms with E-state index in [1.807, 2.05) is 35.0 Å². The minimum atomic E-state index is 0.563. The molecule has 2 aromatic heterocycles. The number of benzene rings is 1. The van der Waals surface area contributed by atoms with Crippen molar-refractivity contribution in [2.75, 3.05) is 12.4 Å². The van der Waals surface area contributed by atoms with Gasteiger partial charge >= 0.3 is 0 Å². The molecule has 0 atom stereocenters. The summed E-state index contributed by atoms with van der Waals surface area (Å²) in [6, 6.07) is 10.2. The van der Waals surface area contributed by atoms with Crippen molar-refractivity contribution in [3.63, 3.8) is 0 Å². The zero-order valence-electron chi connectivity index (χ0n) is 9.33. The maximum absolute atomic E-state index is 4.31. The number of aromatic nitrogens is 4. The molecule has 5 heteroatoms. The van der Waals surface area contributed by atoms with Crippen molar-refractivity contribution in [1.29, 1.82) is 0 Å². The molecule has 0 amide bonds. The van der Waals surface area contributed by atoms with Gasteiger partial charge in [0.2, 0.25) is 11.9 Å². The Morgan fingerprint density at radius 2 is 2.00 bits per heavy atom. The van der Waals surface area contributed by atoms with Crippen molar-refractivity contribution < 1.29 is 0 Å². The van der Waals surface area contributed by atoms with Gasteiger partial charge in [0.1, 0.15) is 6.33 Å². The van der Waals surface area contributed by atoms with Gasteiger partial charge in [-0.05, 0) is 12.1 Å². The van der Waals surface area contributed by atoms with Crippen molar-refractivity contribution in [2.24, 2.45) is 0 Å². The van der Waals surface area contributed by atoms with Crippen LogP contribution >= 0.6 is 0 Å². The second-order valence-electron chi connectivity index (χ2n) is 3.60. The fraction of sp³-hybridized carbons (Fsp3) is 0.0833. The first kappa shape index (κ1) is 9.77. The molecule has 0 fully saturated rings. The van der Waals surface area contributed by atoms with E-state index in [9.17, 15) is 0 Å². The van der Waals surface area contributed by atoms with E-state index in [-0.39, 0.29) is 0 Å². The Morgan fingerprint density at radius 3 is 2.88 bits per heavy atom. The third-order valence-electron chi connectivity index (χ3n) is 2.60. The number of rotatable bonds is 2. The van der Waals surface area contributed by atoms with Crippen LogP contribution in [0.5, 0.6) is 0 Å². The van der Waals surface area contributed by atoms with Crippen molar-refractivity contribution in [1.82, 2.24) is 19.5 Å². The SMILES string of the molecule is CNc1ncnc(-n2ccc3ccccc32)n1. The largest absolute Gasteiger partial charge is 0.357 e. The summed E-state index contributed by atoms with van der Waals surface area (Å²) in [6.45, 7) is 0. The predicted molar refractivity (Wildman–Crippen MR) is 66.2 cm³/mol. The molecule has 0 bridgehead atoms. The molecule has 1 aromatic carbocycles. The molecular formula is C12H11N5. The fourth-order valence-corrected chi connectivity index (χ4v) is 1.78. The zero-order chi connectivity index (χ0) is 11.7. The summed E-state index contributed by atoms with van der Waals surface area (Å²) >= 11 is 0. The van der Waals surface area contributed by atoms with Crippen LogP contribution in [0, 0.1) is 0 Å². The molecule has 2 heterocycles. The minimum Gasteiger partial charge on any atom is -0.357 e. The highest BCUT2D eigenvalue weighted by atomic mass is 15.2. The van der Waals surface area contributed by atoms with Gasteiger partial charge in [-0.25, -0.2) is 9.97 Å². The third-order valence-corrected chi connectivity index (χ3v) is 2.60. The lowest BCUT2D eigenvalue weighted by Gasteiger charge is -2.04. The molecule has 0 aliphatic carbocycles. The molecule has 5 nitrogen and oxygen atoms in total. The number of nitrogens with zero attached hydrogens (tertiary/aromatic N) is 4. The summed E-state index contributed by atoms with van der Waals surface area (Å²) in [7, 11) is 1.78. The Bertz CT molecular complexity index is 659. The third kappa shape index (κ3) is 1.61. The van der Waals surface area contributed by atoms with Gasteiger partial charge in [0.25, 0.3) is 0 Å². The molecule has 84 valence electrons. The topological polar surface area (TPSA) is 55.6 Å². The number of para-hydroxylation sites is 1. The monoisotopic (exact) mass is 225 g/mol. The Morgan fingerprint density at radius 1 is 1.12 bits per heavy atom. The van der Waals surface area contributed by atoms with Gasteiger partial charge in [-0.2, -0.15) is 4.98 Å². The second kappa shape index (κ2) is 3.86. The first-order valence-corrected chi connectivity index (χ1v) is 5.32. The van der Waals surface area contributed by atoms with E-state index in [2.05, 4.69) is 26.3 Å². The van der Waals surface area contributed by atoms with Crippen LogP contribution in [0.25, 0.3) is 16.9 Å². The first-order valence-electron chi connectivity index (χ1n) is 5.32. The van der Waals surface area contributed by atoms with Gasteiger partial charge in [0.05, 0.1) is 5.52 Å². The first-order chi connectivity index (χ1) is 8.38. The smallest absolute Gasteiger partial charge is 0.238 e. The van der Waals surface area contributed by atoms with Crippen molar-refractivity contribution in [2.45, 2.75) is 0 Å². The molecule has 0 saturated carbocycles. The summed E-state index contributed by atoms with van der Waals surface area (Å²) in [5.41, 5.74) is 1.08. The van der Waals surface area contributed by atoms with Crippen molar-refractivity contribution in [3.8, 4) is 5.95 Å². The molecule has 0 spiro atoms. The van der Waals surface area contributed by atoms with Gasteiger partial charge < -0.3 is 5.32 Å². The molecule has 0 aliphatic heterocycles. The van der Waals surface area contributed by atoms with Gasteiger partial charge in [0, 0.05) is 18.6 Å². The zero-order valence-corrected chi connectivity index (χ0v) is 9.33. The number of fused-ring (bicyclic) bond motifs is 1. The maximum atomic E-state index is 4.31.